The van der Waals surface area contributed by atoms with Gasteiger partial charge < -0.3 is 9.26 Å². The summed E-state index contributed by atoms with van der Waals surface area (Å²) in [7, 11) is 0. The second kappa shape index (κ2) is 5.77. The minimum absolute atomic E-state index is 0.0327. The molecule has 2 aromatic heterocycles. The first-order valence-corrected chi connectivity index (χ1v) is 7.47. The molecule has 0 bridgehead atoms. The highest BCUT2D eigenvalue weighted by Crippen LogP contribution is 2.24. The van der Waals surface area contributed by atoms with Gasteiger partial charge in [-0.3, -0.25) is 4.90 Å². The molecule has 120 valence electrons. The van der Waals surface area contributed by atoms with Gasteiger partial charge in [-0.15, -0.1) is 5.10 Å². The molecule has 0 N–H and O–H groups in total. The zero-order valence-corrected chi connectivity index (χ0v) is 13.5. The molecule has 0 aliphatic carbocycles. The molecule has 0 amide bonds. The van der Waals surface area contributed by atoms with Crippen molar-refractivity contribution in [1.82, 2.24) is 30.0 Å². The normalized spacial score (nSPS) is 20.5. The average Bonchev–Trinajstić information content (AvgIpc) is 3.08. The highest BCUT2D eigenvalue weighted by Gasteiger charge is 2.30. The Hall–Kier alpha value is -1.80. The van der Waals surface area contributed by atoms with Gasteiger partial charge >= 0.3 is 0 Å². The largest absolute Gasteiger partial charge is 0.378 e. The van der Waals surface area contributed by atoms with Gasteiger partial charge in [0.1, 0.15) is 6.04 Å². The fourth-order valence-corrected chi connectivity index (χ4v) is 2.41. The van der Waals surface area contributed by atoms with E-state index in [1.54, 1.807) is 0 Å². The summed E-state index contributed by atoms with van der Waals surface area (Å²) >= 11 is 0. The van der Waals surface area contributed by atoms with Gasteiger partial charge in [0, 0.05) is 13.1 Å². The molecule has 1 saturated heterocycles. The summed E-state index contributed by atoms with van der Waals surface area (Å²) in [5.41, 5.74) is 0.859. The Labute approximate surface area is 129 Å². The molecule has 2 aromatic rings. The van der Waals surface area contributed by atoms with Gasteiger partial charge in [-0.25, -0.2) is 4.68 Å². The molecule has 22 heavy (non-hydrogen) atoms. The number of nitrogens with zero attached hydrogens (tertiary/aromatic N) is 6. The number of aryl methyl sites for hydroxylation is 1. The van der Waals surface area contributed by atoms with Crippen LogP contribution in [-0.2, 0) is 16.8 Å². The number of ether oxygens (including phenoxy) is 1. The van der Waals surface area contributed by atoms with Crippen LogP contribution in [0.4, 0.5) is 0 Å². The number of hydrogen-bond acceptors (Lipinski definition) is 7. The zero-order chi connectivity index (χ0) is 15.7. The van der Waals surface area contributed by atoms with E-state index in [1.807, 2.05) is 17.8 Å². The fourth-order valence-electron chi connectivity index (χ4n) is 2.41. The molecule has 0 radical (unpaired) electrons. The lowest BCUT2D eigenvalue weighted by atomic mass is 10.1. The van der Waals surface area contributed by atoms with E-state index >= 15 is 0 Å². The Bertz CT molecular complexity index is 629. The minimum Gasteiger partial charge on any atom is -0.378 e. The number of aromatic nitrogens is 5. The van der Waals surface area contributed by atoms with E-state index in [-0.39, 0.29) is 11.6 Å². The molecule has 1 atom stereocenters. The monoisotopic (exact) mass is 306 g/mol. The highest BCUT2D eigenvalue weighted by atomic mass is 16.5. The lowest BCUT2D eigenvalue weighted by molar-refractivity contribution is -0.0246. The summed E-state index contributed by atoms with van der Waals surface area (Å²) in [5, 5.41) is 12.4. The van der Waals surface area contributed by atoms with Crippen LogP contribution in [0.15, 0.2) is 10.7 Å². The van der Waals surface area contributed by atoms with Gasteiger partial charge in [0.15, 0.2) is 5.82 Å². The third-order valence-corrected chi connectivity index (χ3v) is 3.66. The summed E-state index contributed by atoms with van der Waals surface area (Å²) in [5.74, 6) is 1.24. The molecule has 8 nitrogen and oxygen atoms in total. The van der Waals surface area contributed by atoms with Crippen molar-refractivity contribution in [3.8, 4) is 0 Å². The van der Waals surface area contributed by atoms with Crippen molar-refractivity contribution in [1.29, 1.82) is 0 Å². The molecule has 3 rings (SSSR count). The van der Waals surface area contributed by atoms with E-state index in [4.69, 9.17) is 9.26 Å². The van der Waals surface area contributed by atoms with E-state index in [9.17, 15) is 0 Å². The maximum Gasteiger partial charge on any atom is 0.246 e. The minimum atomic E-state index is -0.0702. The molecule has 1 aliphatic heterocycles. The Kier molecular flexibility index (Phi) is 3.96. The summed E-state index contributed by atoms with van der Waals surface area (Å²) in [6.45, 7) is 10.8. The SMILES string of the molecule is Cc1noc(C2COCCN2Cc2cn(C(C)(C)C)nn2)n1. The van der Waals surface area contributed by atoms with Gasteiger partial charge in [0.25, 0.3) is 0 Å². The molecule has 0 saturated carbocycles. The van der Waals surface area contributed by atoms with Crippen LogP contribution in [0.5, 0.6) is 0 Å². The van der Waals surface area contributed by atoms with E-state index in [0.717, 1.165) is 12.2 Å². The Morgan fingerprint density at radius 2 is 2.18 bits per heavy atom. The lowest BCUT2D eigenvalue weighted by Gasteiger charge is -2.32. The van der Waals surface area contributed by atoms with Gasteiger partial charge in [0.05, 0.1) is 30.6 Å². The van der Waals surface area contributed by atoms with E-state index < -0.39 is 0 Å². The van der Waals surface area contributed by atoms with Crippen molar-refractivity contribution in [3.63, 3.8) is 0 Å². The molecular formula is C14H22N6O2. The van der Waals surface area contributed by atoms with Crippen molar-refractivity contribution in [2.45, 2.75) is 45.8 Å². The van der Waals surface area contributed by atoms with Crippen LogP contribution in [0.1, 0.15) is 44.2 Å². The zero-order valence-electron chi connectivity index (χ0n) is 13.5. The van der Waals surface area contributed by atoms with Crippen LogP contribution in [0.3, 0.4) is 0 Å². The van der Waals surface area contributed by atoms with Crippen molar-refractivity contribution in [2.24, 2.45) is 0 Å². The predicted octanol–water partition coefficient (Wildman–Crippen LogP) is 1.30. The number of hydrogen-bond donors (Lipinski definition) is 0. The van der Waals surface area contributed by atoms with Crippen LogP contribution in [0.25, 0.3) is 0 Å². The Balaban J connectivity index is 1.75. The second-order valence-electron chi connectivity index (χ2n) is 6.57. The maximum atomic E-state index is 5.56. The third kappa shape index (κ3) is 3.17. The molecule has 0 spiro atoms. The molecular weight excluding hydrogens is 284 g/mol. The summed E-state index contributed by atoms with van der Waals surface area (Å²) in [6.07, 6.45) is 1.99. The quantitative estimate of drug-likeness (QED) is 0.845. The molecule has 8 heteroatoms. The van der Waals surface area contributed by atoms with Crippen molar-refractivity contribution in [3.05, 3.63) is 23.6 Å². The third-order valence-electron chi connectivity index (χ3n) is 3.66. The summed E-state index contributed by atoms with van der Waals surface area (Å²) in [6, 6.07) is -0.0327. The predicted molar refractivity (Wildman–Crippen MR) is 78.0 cm³/mol. The molecule has 1 aliphatic rings. The topological polar surface area (TPSA) is 82.1 Å². The fraction of sp³-hybridized carbons (Fsp3) is 0.714. The van der Waals surface area contributed by atoms with Crippen molar-refractivity contribution in [2.75, 3.05) is 19.8 Å². The first-order valence-electron chi connectivity index (χ1n) is 7.47. The van der Waals surface area contributed by atoms with Gasteiger partial charge in [-0.2, -0.15) is 4.98 Å². The van der Waals surface area contributed by atoms with E-state index in [2.05, 4.69) is 46.1 Å². The Morgan fingerprint density at radius 3 is 2.82 bits per heavy atom. The highest BCUT2D eigenvalue weighted by molar-refractivity contribution is 4.99. The first kappa shape index (κ1) is 15.1. The van der Waals surface area contributed by atoms with Crippen LogP contribution in [-0.4, -0.2) is 49.8 Å². The number of morpholine rings is 1. The number of rotatable bonds is 3. The van der Waals surface area contributed by atoms with Crippen LogP contribution >= 0.6 is 0 Å². The summed E-state index contributed by atoms with van der Waals surface area (Å²) in [4.78, 5) is 6.57. The Morgan fingerprint density at radius 1 is 1.36 bits per heavy atom. The lowest BCUT2D eigenvalue weighted by Crippen LogP contribution is -2.39. The van der Waals surface area contributed by atoms with Gasteiger partial charge in [-0.05, 0) is 27.7 Å². The molecule has 1 fully saturated rings. The first-order chi connectivity index (χ1) is 10.4. The van der Waals surface area contributed by atoms with Crippen LogP contribution in [0.2, 0.25) is 0 Å². The van der Waals surface area contributed by atoms with Crippen molar-refractivity contribution < 1.29 is 9.26 Å². The van der Waals surface area contributed by atoms with Crippen LogP contribution < -0.4 is 0 Å². The van der Waals surface area contributed by atoms with Gasteiger partial charge in [0.2, 0.25) is 5.89 Å². The summed E-state index contributed by atoms with van der Waals surface area (Å²) < 4.78 is 12.8. The van der Waals surface area contributed by atoms with Crippen LogP contribution in [0, 0.1) is 6.92 Å². The molecule has 1 unspecified atom stereocenters. The van der Waals surface area contributed by atoms with E-state index in [0.29, 0.717) is 31.5 Å². The van der Waals surface area contributed by atoms with E-state index in [1.165, 1.54) is 0 Å². The molecule has 0 aromatic carbocycles. The second-order valence-corrected chi connectivity index (χ2v) is 6.57. The smallest absolute Gasteiger partial charge is 0.246 e. The standard InChI is InChI=1S/C14H22N6O2/c1-10-15-13(22-17-10)12-9-21-6-5-19(12)7-11-8-20(18-16-11)14(2,3)4/h8,12H,5-7,9H2,1-4H3. The average molecular weight is 306 g/mol. The molecule has 3 heterocycles. The van der Waals surface area contributed by atoms with Crippen molar-refractivity contribution >= 4 is 0 Å². The maximum absolute atomic E-state index is 5.56. The van der Waals surface area contributed by atoms with Gasteiger partial charge in [-0.1, -0.05) is 10.4 Å².